The molecule has 0 amide bonds. The summed E-state index contributed by atoms with van der Waals surface area (Å²) in [5, 5.41) is 0. The molecule has 1 fully saturated rings. The molecule has 1 aromatic rings. The van der Waals surface area contributed by atoms with E-state index in [9.17, 15) is 4.79 Å². The van der Waals surface area contributed by atoms with Crippen molar-refractivity contribution in [2.45, 2.75) is 45.3 Å². The lowest BCUT2D eigenvalue weighted by atomic mass is 9.82. The van der Waals surface area contributed by atoms with Crippen molar-refractivity contribution in [2.75, 3.05) is 7.11 Å². The number of carbonyl (C=O) groups is 1. The number of hydrogen-bond donors (Lipinski definition) is 0. The van der Waals surface area contributed by atoms with Crippen LogP contribution in [0.25, 0.3) is 0 Å². The molecule has 2 rings (SSSR count). The molecule has 0 aromatic heterocycles. The lowest BCUT2D eigenvalue weighted by molar-refractivity contribution is -0.0712. The number of ether oxygens (including phenoxy) is 2. The summed E-state index contributed by atoms with van der Waals surface area (Å²) in [5.74, 6) is 0.813. The summed E-state index contributed by atoms with van der Waals surface area (Å²) >= 11 is 0. The highest BCUT2D eigenvalue weighted by atomic mass is 16.5. The molecular formula is C16H22O3. The number of hydrogen-bond acceptors (Lipinski definition) is 3. The fraction of sp³-hybridized carbons (Fsp3) is 0.562. The molecule has 1 aromatic carbocycles. The van der Waals surface area contributed by atoms with Gasteiger partial charge in [-0.25, -0.2) is 0 Å². The van der Waals surface area contributed by atoms with Gasteiger partial charge in [0.25, 0.3) is 0 Å². The van der Waals surface area contributed by atoms with Gasteiger partial charge in [0.1, 0.15) is 5.75 Å². The van der Waals surface area contributed by atoms with Gasteiger partial charge in [-0.1, -0.05) is 0 Å². The summed E-state index contributed by atoms with van der Waals surface area (Å²) in [6.07, 6.45) is 0.755. The number of methoxy groups -OCH3 is 1. The van der Waals surface area contributed by atoms with Crippen molar-refractivity contribution in [3.63, 3.8) is 0 Å². The van der Waals surface area contributed by atoms with Crippen LogP contribution < -0.4 is 4.74 Å². The third-order valence-electron chi connectivity index (χ3n) is 3.77. The Morgan fingerprint density at radius 1 is 1.21 bits per heavy atom. The maximum atomic E-state index is 12.6. The molecule has 0 saturated carbocycles. The van der Waals surface area contributed by atoms with Crippen LogP contribution in [0, 0.1) is 5.92 Å². The van der Waals surface area contributed by atoms with E-state index in [0.717, 1.165) is 17.7 Å². The van der Waals surface area contributed by atoms with Crippen molar-refractivity contribution < 1.29 is 14.3 Å². The van der Waals surface area contributed by atoms with Gasteiger partial charge in [0.05, 0.1) is 24.2 Å². The van der Waals surface area contributed by atoms with E-state index in [2.05, 4.69) is 0 Å². The van der Waals surface area contributed by atoms with Crippen LogP contribution in [0.4, 0.5) is 0 Å². The van der Waals surface area contributed by atoms with Gasteiger partial charge in [0.2, 0.25) is 0 Å². The summed E-state index contributed by atoms with van der Waals surface area (Å²) in [5.41, 5.74) is 0.0664. The lowest BCUT2D eigenvalue weighted by Crippen LogP contribution is -2.33. The average molecular weight is 262 g/mol. The van der Waals surface area contributed by atoms with Crippen molar-refractivity contribution in [1.82, 2.24) is 0 Å². The van der Waals surface area contributed by atoms with Crippen molar-refractivity contribution >= 4 is 5.78 Å². The highest BCUT2D eigenvalue weighted by Gasteiger charge is 2.49. The Bertz CT molecular complexity index is 471. The van der Waals surface area contributed by atoms with Gasteiger partial charge in [-0.3, -0.25) is 4.79 Å². The highest BCUT2D eigenvalue weighted by Crippen LogP contribution is 2.43. The Hall–Kier alpha value is -1.35. The fourth-order valence-electron chi connectivity index (χ4n) is 2.93. The topological polar surface area (TPSA) is 35.5 Å². The SMILES string of the molecule is COc1ccc(C(=O)C2CC(C)(C)OC2(C)C)cc1. The van der Waals surface area contributed by atoms with Gasteiger partial charge in [-0.15, -0.1) is 0 Å². The van der Waals surface area contributed by atoms with E-state index in [-0.39, 0.29) is 17.3 Å². The van der Waals surface area contributed by atoms with Gasteiger partial charge < -0.3 is 9.47 Å². The van der Waals surface area contributed by atoms with E-state index in [4.69, 9.17) is 9.47 Å². The number of benzene rings is 1. The largest absolute Gasteiger partial charge is 0.497 e. The standard InChI is InChI=1S/C16H22O3/c1-15(2)10-13(16(3,4)19-15)14(17)11-6-8-12(18-5)9-7-11/h6-9,13H,10H2,1-5H3. The van der Waals surface area contributed by atoms with E-state index in [1.165, 1.54) is 0 Å². The summed E-state index contributed by atoms with van der Waals surface area (Å²) < 4.78 is 11.1. The molecule has 0 radical (unpaired) electrons. The molecule has 1 aliphatic rings. The van der Waals surface area contributed by atoms with Crippen LogP contribution in [0.2, 0.25) is 0 Å². The maximum absolute atomic E-state index is 12.6. The quantitative estimate of drug-likeness (QED) is 0.782. The van der Waals surface area contributed by atoms with E-state index in [0.29, 0.717) is 0 Å². The highest BCUT2D eigenvalue weighted by molar-refractivity contribution is 5.98. The molecule has 1 atom stereocenters. The Morgan fingerprint density at radius 2 is 1.79 bits per heavy atom. The molecule has 1 heterocycles. The molecule has 1 unspecified atom stereocenters. The normalized spacial score (nSPS) is 24.2. The summed E-state index contributed by atoms with van der Waals surface area (Å²) in [7, 11) is 1.62. The maximum Gasteiger partial charge on any atom is 0.168 e. The fourth-order valence-corrected chi connectivity index (χ4v) is 2.93. The Labute approximate surface area is 114 Å². The first kappa shape index (κ1) is 14.1. The minimum atomic E-state index is -0.416. The van der Waals surface area contributed by atoms with E-state index < -0.39 is 5.60 Å². The molecule has 1 aliphatic heterocycles. The second-order valence-corrected chi connectivity index (χ2v) is 6.31. The van der Waals surface area contributed by atoms with Crippen LogP contribution in [-0.4, -0.2) is 24.1 Å². The van der Waals surface area contributed by atoms with Crippen LogP contribution in [0.1, 0.15) is 44.5 Å². The zero-order chi connectivity index (χ0) is 14.3. The van der Waals surface area contributed by atoms with Crippen LogP contribution in [-0.2, 0) is 4.74 Å². The van der Waals surface area contributed by atoms with Gasteiger partial charge in [-0.2, -0.15) is 0 Å². The summed E-state index contributed by atoms with van der Waals surface area (Å²) in [6.45, 7) is 8.06. The third kappa shape index (κ3) is 2.81. The van der Waals surface area contributed by atoms with Crippen molar-refractivity contribution in [1.29, 1.82) is 0 Å². The minimum absolute atomic E-state index is 0.101. The number of carbonyl (C=O) groups excluding carboxylic acids is 1. The molecular weight excluding hydrogens is 240 g/mol. The number of rotatable bonds is 3. The van der Waals surface area contributed by atoms with Gasteiger partial charge >= 0.3 is 0 Å². The monoisotopic (exact) mass is 262 g/mol. The third-order valence-corrected chi connectivity index (χ3v) is 3.77. The first-order valence-corrected chi connectivity index (χ1v) is 6.64. The van der Waals surface area contributed by atoms with Crippen LogP contribution in [0.3, 0.4) is 0 Å². The molecule has 104 valence electrons. The van der Waals surface area contributed by atoms with Gasteiger partial charge in [0, 0.05) is 5.56 Å². The molecule has 3 nitrogen and oxygen atoms in total. The summed E-state index contributed by atoms with van der Waals surface area (Å²) in [4.78, 5) is 12.6. The van der Waals surface area contributed by atoms with E-state index in [1.807, 2.05) is 52.0 Å². The smallest absolute Gasteiger partial charge is 0.168 e. The zero-order valence-electron chi connectivity index (χ0n) is 12.3. The Morgan fingerprint density at radius 3 is 2.21 bits per heavy atom. The van der Waals surface area contributed by atoms with E-state index in [1.54, 1.807) is 7.11 Å². The molecule has 3 heteroatoms. The number of Topliss-reactive ketones (excluding diaryl/α,β-unsaturated/α-hetero) is 1. The van der Waals surface area contributed by atoms with Gasteiger partial charge in [-0.05, 0) is 58.4 Å². The van der Waals surface area contributed by atoms with Crippen LogP contribution >= 0.6 is 0 Å². The second kappa shape index (κ2) is 4.64. The van der Waals surface area contributed by atoms with Crippen molar-refractivity contribution in [3.05, 3.63) is 29.8 Å². The van der Waals surface area contributed by atoms with Crippen LogP contribution in [0.5, 0.6) is 5.75 Å². The molecule has 0 bridgehead atoms. The molecule has 19 heavy (non-hydrogen) atoms. The second-order valence-electron chi connectivity index (χ2n) is 6.31. The Balaban J connectivity index is 2.24. The number of ketones is 1. The predicted molar refractivity (Wildman–Crippen MR) is 74.7 cm³/mol. The lowest BCUT2D eigenvalue weighted by Gasteiger charge is -2.26. The molecule has 0 N–H and O–H groups in total. The zero-order valence-corrected chi connectivity index (χ0v) is 12.3. The molecule has 0 spiro atoms. The van der Waals surface area contributed by atoms with Crippen molar-refractivity contribution in [2.24, 2.45) is 5.92 Å². The predicted octanol–water partition coefficient (Wildman–Crippen LogP) is 3.47. The van der Waals surface area contributed by atoms with E-state index >= 15 is 0 Å². The molecule has 0 aliphatic carbocycles. The average Bonchev–Trinajstić information content (AvgIpc) is 2.56. The first-order valence-electron chi connectivity index (χ1n) is 6.64. The Kier molecular flexibility index (Phi) is 3.43. The van der Waals surface area contributed by atoms with Gasteiger partial charge in [0.15, 0.2) is 5.78 Å². The first-order chi connectivity index (χ1) is 8.75. The minimum Gasteiger partial charge on any atom is -0.497 e. The summed E-state index contributed by atoms with van der Waals surface area (Å²) in [6, 6.07) is 7.29. The van der Waals surface area contributed by atoms with Crippen molar-refractivity contribution in [3.8, 4) is 5.75 Å². The van der Waals surface area contributed by atoms with Crippen LogP contribution in [0.15, 0.2) is 24.3 Å². The molecule has 1 saturated heterocycles.